The summed E-state index contributed by atoms with van der Waals surface area (Å²) in [6.45, 7) is 1.20. The summed E-state index contributed by atoms with van der Waals surface area (Å²) in [6, 6.07) is 8.10. The Bertz CT molecular complexity index is 1190. The van der Waals surface area contributed by atoms with Crippen molar-refractivity contribution in [2.45, 2.75) is 13.1 Å². The number of halogens is 5. The van der Waals surface area contributed by atoms with E-state index in [0.717, 1.165) is 40.5 Å². The van der Waals surface area contributed by atoms with Gasteiger partial charge in [0.2, 0.25) is 11.8 Å². The predicted octanol–water partition coefficient (Wildman–Crippen LogP) is 6.29. The van der Waals surface area contributed by atoms with Crippen molar-refractivity contribution in [2.24, 2.45) is 0 Å². The molecular weight excluding hydrogens is 470 g/mol. The molecule has 0 radical (unpaired) electrons. The maximum absolute atomic E-state index is 13.8. The molecule has 5 nitrogen and oxygen atoms in total. The Labute approximate surface area is 189 Å². The van der Waals surface area contributed by atoms with Crippen LogP contribution in [0.5, 0.6) is 0 Å². The van der Waals surface area contributed by atoms with Crippen molar-refractivity contribution in [3.63, 3.8) is 0 Å². The van der Waals surface area contributed by atoms with Gasteiger partial charge in [0, 0.05) is 23.4 Å². The van der Waals surface area contributed by atoms with E-state index in [9.17, 15) is 27.2 Å². The molecule has 0 spiro atoms. The minimum Gasteiger partial charge on any atom is -0.320 e. The molecule has 0 saturated carbocycles. The van der Waals surface area contributed by atoms with E-state index in [4.69, 9.17) is 11.6 Å². The van der Waals surface area contributed by atoms with Crippen molar-refractivity contribution in [3.8, 4) is 0 Å². The van der Waals surface area contributed by atoms with Gasteiger partial charge < -0.3 is 5.32 Å². The zero-order chi connectivity index (χ0) is 23.5. The molecule has 2 amide bonds. The third-order valence-electron chi connectivity index (χ3n) is 4.04. The van der Waals surface area contributed by atoms with Crippen molar-refractivity contribution >= 4 is 57.3 Å². The highest BCUT2D eigenvalue weighted by atomic mass is 35.5. The highest BCUT2D eigenvalue weighted by Crippen LogP contribution is 2.35. The third-order valence-corrected chi connectivity index (χ3v) is 5.12. The van der Waals surface area contributed by atoms with Crippen molar-refractivity contribution in [1.82, 2.24) is 4.98 Å². The lowest BCUT2D eigenvalue weighted by molar-refractivity contribution is -0.137. The number of anilines is 3. The topological polar surface area (TPSA) is 62.3 Å². The standard InChI is InChI=1S/C21H14ClF4N3O2S/c1-12(30)29(16-4-2-3-13(9-16)21(24,25)26)20-27-15(11-32-20)6-8-19(31)28-18-7-5-14(22)10-17(18)23/h2-11H,1H3,(H,28,31)/b8-6+. The molecule has 0 unspecified atom stereocenters. The van der Waals surface area contributed by atoms with Crippen LogP contribution in [0.15, 0.2) is 53.9 Å². The maximum Gasteiger partial charge on any atom is 0.416 e. The van der Waals surface area contributed by atoms with Crippen LogP contribution in [0.2, 0.25) is 5.02 Å². The quantitative estimate of drug-likeness (QED) is 0.342. The second kappa shape index (κ2) is 9.49. The van der Waals surface area contributed by atoms with E-state index in [-0.39, 0.29) is 27.2 Å². The molecule has 1 N–H and O–H groups in total. The molecule has 0 atom stereocenters. The first-order chi connectivity index (χ1) is 15.0. The molecule has 0 aliphatic rings. The average Bonchev–Trinajstić information content (AvgIpc) is 3.16. The Hall–Kier alpha value is -3.24. The van der Waals surface area contributed by atoms with Gasteiger partial charge in [-0.1, -0.05) is 17.7 Å². The van der Waals surface area contributed by atoms with Crippen LogP contribution in [0.3, 0.4) is 0 Å². The van der Waals surface area contributed by atoms with Crippen molar-refractivity contribution in [3.05, 3.63) is 76.0 Å². The Morgan fingerprint density at radius 3 is 2.59 bits per heavy atom. The van der Waals surface area contributed by atoms with Crippen molar-refractivity contribution < 1.29 is 27.2 Å². The van der Waals surface area contributed by atoms with Gasteiger partial charge in [0.05, 0.1) is 22.6 Å². The first kappa shape index (κ1) is 23.4. The van der Waals surface area contributed by atoms with Crippen molar-refractivity contribution in [1.29, 1.82) is 0 Å². The van der Waals surface area contributed by atoms with Crippen LogP contribution >= 0.6 is 22.9 Å². The fourth-order valence-corrected chi connectivity index (χ4v) is 3.64. The molecule has 0 bridgehead atoms. The third kappa shape index (κ3) is 5.71. The Morgan fingerprint density at radius 1 is 1.19 bits per heavy atom. The number of nitrogens with zero attached hydrogens (tertiary/aromatic N) is 2. The summed E-state index contributed by atoms with van der Waals surface area (Å²) in [5, 5.41) is 4.17. The summed E-state index contributed by atoms with van der Waals surface area (Å²) >= 11 is 6.67. The molecule has 2 aromatic carbocycles. The van der Waals surface area contributed by atoms with E-state index >= 15 is 0 Å². The highest BCUT2D eigenvalue weighted by Gasteiger charge is 2.31. The van der Waals surface area contributed by atoms with Crippen LogP contribution in [-0.2, 0) is 15.8 Å². The lowest BCUT2D eigenvalue weighted by Gasteiger charge is -2.19. The van der Waals surface area contributed by atoms with Crippen LogP contribution in [0.1, 0.15) is 18.2 Å². The minimum absolute atomic E-state index is 0.00756. The Balaban J connectivity index is 1.78. The van der Waals surface area contributed by atoms with E-state index in [2.05, 4.69) is 10.3 Å². The van der Waals surface area contributed by atoms with Crippen molar-refractivity contribution in [2.75, 3.05) is 10.2 Å². The first-order valence-electron chi connectivity index (χ1n) is 8.92. The molecule has 3 aromatic rings. The SMILES string of the molecule is CC(=O)N(c1cccc(C(F)(F)F)c1)c1nc(/C=C/C(=O)Nc2ccc(Cl)cc2F)cs1. The normalized spacial score (nSPS) is 11.6. The molecular formula is C21H14ClF4N3O2S. The van der Waals surface area contributed by atoms with E-state index in [0.29, 0.717) is 0 Å². The van der Waals surface area contributed by atoms with Gasteiger partial charge in [-0.15, -0.1) is 11.3 Å². The molecule has 11 heteroatoms. The highest BCUT2D eigenvalue weighted by molar-refractivity contribution is 7.14. The van der Waals surface area contributed by atoms with E-state index in [1.54, 1.807) is 0 Å². The fourth-order valence-electron chi connectivity index (χ4n) is 2.63. The molecule has 0 aliphatic carbocycles. The smallest absolute Gasteiger partial charge is 0.320 e. The van der Waals surface area contributed by atoms with Gasteiger partial charge in [0.15, 0.2) is 5.13 Å². The number of carbonyl (C=O) groups is 2. The lowest BCUT2D eigenvalue weighted by Crippen LogP contribution is -2.23. The van der Waals surface area contributed by atoms with Crippen LogP contribution < -0.4 is 10.2 Å². The van der Waals surface area contributed by atoms with Gasteiger partial charge in [-0.05, 0) is 42.5 Å². The number of aromatic nitrogens is 1. The average molecular weight is 484 g/mol. The number of rotatable bonds is 5. The number of hydrogen-bond acceptors (Lipinski definition) is 4. The molecule has 32 heavy (non-hydrogen) atoms. The summed E-state index contributed by atoms with van der Waals surface area (Å²) < 4.78 is 52.8. The number of benzene rings is 2. The number of hydrogen-bond donors (Lipinski definition) is 1. The molecule has 0 aliphatic heterocycles. The summed E-state index contributed by atoms with van der Waals surface area (Å²) in [4.78, 5) is 29.4. The van der Waals surface area contributed by atoms with Crippen LogP contribution in [0, 0.1) is 5.82 Å². The maximum atomic E-state index is 13.8. The second-order valence-corrected chi connectivity index (χ2v) is 7.68. The molecule has 0 fully saturated rings. The van der Waals surface area contributed by atoms with Crippen LogP contribution in [0.25, 0.3) is 6.08 Å². The molecule has 1 heterocycles. The number of nitrogens with one attached hydrogen (secondary N) is 1. The summed E-state index contributed by atoms with van der Waals surface area (Å²) in [6.07, 6.45) is -2.13. The first-order valence-corrected chi connectivity index (χ1v) is 10.2. The summed E-state index contributed by atoms with van der Waals surface area (Å²) in [5.74, 6) is -1.87. The van der Waals surface area contributed by atoms with Gasteiger partial charge in [0.25, 0.3) is 0 Å². The zero-order valence-corrected chi connectivity index (χ0v) is 17.9. The molecule has 1 aromatic heterocycles. The Morgan fingerprint density at radius 2 is 1.94 bits per heavy atom. The van der Waals surface area contributed by atoms with Gasteiger partial charge in [-0.2, -0.15) is 13.2 Å². The minimum atomic E-state index is -4.56. The monoisotopic (exact) mass is 483 g/mol. The number of thiazole rings is 1. The zero-order valence-electron chi connectivity index (χ0n) is 16.3. The number of amides is 2. The summed E-state index contributed by atoms with van der Waals surface area (Å²) in [5.41, 5.74) is -0.664. The van der Waals surface area contributed by atoms with Crippen LogP contribution in [-0.4, -0.2) is 16.8 Å². The Kier molecular flexibility index (Phi) is 6.95. The van der Waals surface area contributed by atoms with E-state index in [1.165, 1.54) is 42.6 Å². The predicted molar refractivity (Wildman–Crippen MR) is 115 cm³/mol. The lowest BCUT2D eigenvalue weighted by atomic mass is 10.2. The largest absolute Gasteiger partial charge is 0.416 e. The molecule has 3 rings (SSSR count). The summed E-state index contributed by atoms with van der Waals surface area (Å²) in [7, 11) is 0. The number of carbonyl (C=O) groups excluding carboxylic acids is 2. The van der Waals surface area contributed by atoms with Gasteiger partial charge in [0.1, 0.15) is 5.82 Å². The van der Waals surface area contributed by atoms with Crippen LogP contribution in [0.4, 0.5) is 34.1 Å². The molecule has 166 valence electrons. The molecule has 0 saturated heterocycles. The fraction of sp³-hybridized carbons (Fsp3) is 0.0952. The van der Waals surface area contributed by atoms with E-state index < -0.39 is 29.4 Å². The second-order valence-electron chi connectivity index (χ2n) is 6.40. The van der Waals surface area contributed by atoms with Gasteiger partial charge >= 0.3 is 6.18 Å². The van der Waals surface area contributed by atoms with Gasteiger partial charge in [-0.25, -0.2) is 9.37 Å². The van der Waals surface area contributed by atoms with Gasteiger partial charge in [-0.3, -0.25) is 14.5 Å². The number of alkyl halides is 3. The van der Waals surface area contributed by atoms with E-state index in [1.807, 2.05) is 0 Å².